The topological polar surface area (TPSA) is 85.6 Å². The summed E-state index contributed by atoms with van der Waals surface area (Å²) in [5.74, 6) is 2.77. The van der Waals surface area contributed by atoms with Crippen LogP contribution in [-0.4, -0.2) is 69.4 Å². The molecule has 3 aromatic rings. The summed E-state index contributed by atoms with van der Waals surface area (Å²) in [6, 6.07) is 11.3. The second-order valence-corrected chi connectivity index (χ2v) is 6.90. The zero-order chi connectivity index (χ0) is 19.6. The third-order valence-electron chi connectivity index (χ3n) is 5.10. The van der Waals surface area contributed by atoms with Crippen LogP contribution in [0.2, 0.25) is 0 Å². The number of hydrogen-bond donors (Lipinski definition) is 0. The van der Waals surface area contributed by atoms with Crippen LogP contribution in [0.25, 0.3) is 5.82 Å². The number of carbonyl (C=O) groups excluding carboxylic acids is 1. The summed E-state index contributed by atoms with van der Waals surface area (Å²) in [4.78, 5) is 20.8. The van der Waals surface area contributed by atoms with E-state index in [1.807, 2.05) is 47.5 Å². The number of hydrogen-bond acceptors (Lipinski definition) is 7. The Bertz CT molecular complexity index is 984. The number of benzene rings is 1. The van der Waals surface area contributed by atoms with Gasteiger partial charge in [0.15, 0.2) is 23.1 Å². The molecule has 0 unspecified atom stereocenters. The highest BCUT2D eigenvalue weighted by Crippen LogP contribution is 2.31. The molecule has 1 saturated heterocycles. The highest BCUT2D eigenvalue weighted by Gasteiger charge is 2.32. The lowest BCUT2D eigenvalue weighted by molar-refractivity contribution is -0.141. The molecule has 9 heteroatoms. The Morgan fingerprint density at radius 2 is 1.72 bits per heavy atom. The second kappa shape index (κ2) is 7.42. The van der Waals surface area contributed by atoms with Gasteiger partial charge in [-0.3, -0.25) is 9.36 Å². The SMILES string of the molecule is O=C([C@H]1COc2ccccc2O1)N1CCN(c2ccc(-n3ccnc3)nn2)CC1. The highest BCUT2D eigenvalue weighted by atomic mass is 16.6. The van der Waals surface area contributed by atoms with E-state index in [0.717, 1.165) is 11.6 Å². The van der Waals surface area contributed by atoms with Crippen molar-refractivity contribution in [3.8, 4) is 17.3 Å². The molecule has 2 aliphatic rings. The van der Waals surface area contributed by atoms with Gasteiger partial charge in [-0.15, -0.1) is 10.2 Å². The van der Waals surface area contributed by atoms with E-state index in [0.29, 0.717) is 37.7 Å². The van der Waals surface area contributed by atoms with Crippen molar-refractivity contribution in [2.45, 2.75) is 6.10 Å². The van der Waals surface area contributed by atoms with E-state index < -0.39 is 6.10 Å². The fourth-order valence-corrected chi connectivity index (χ4v) is 3.52. The Hall–Kier alpha value is -3.62. The van der Waals surface area contributed by atoms with Crippen molar-refractivity contribution in [2.75, 3.05) is 37.7 Å². The van der Waals surface area contributed by atoms with Crippen molar-refractivity contribution < 1.29 is 14.3 Å². The first-order valence-electron chi connectivity index (χ1n) is 9.52. The fraction of sp³-hybridized carbons (Fsp3) is 0.300. The number of piperazine rings is 1. The predicted octanol–water partition coefficient (Wildman–Crippen LogP) is 1.15. The van der Waals surface area contributed by atoms with Crippen LogP contribution in [0.4, 0.5) is 5.82 Å². The molecule has 0 radical (unpaired) electrons. The molecule has 4 heterocycles. The average molecular weight is 392 g/mol. The second-order valence-electron chi connectivity index (χ2n) is 6.90. The molecule has 1 atom stereocenters. The molecule has 9 nitrogen and oxygen atoms in total. The molecule has 1 aromatic carbocycles. The van der Waals surface area contributed by atoms with E-state index in [1.165, 1.54) is 0 Å². The third-order valence-corrected chi connectivity index (χ3v) is 5.10. The van der Waals surface area contributed by atoms with Gasteiger partial charge in [0.1, 0.15) is 12.9 Å². The molecule has 1 amide bonds. The summed E-state index contributed by atoms with van der Waals surface area (Å²) in [6.07, 6.45) is 4.60. The van der Waals surface area contributed by atoms with E-state index in [4.69, 9.17) is 9.47 Å². The molecule has 29 heavy (non-hydrogen) atoms. The lowest BCUT2D eigenvalue weighted by Crippen LogP contribution is -2.54. The van der Waals surface area contributed by atoms with E-state index in [2.05, 4.69) is 20.1 Å². The third kappa shape index (κ3) is 3.46. The lowest BCUT2D eigenvalue weighted by Gasteiger charge is -2.37. The van der Waals surface area contributed by atoms with Gasteiger partial charge in [0.2, 0.25) is 6.10 Å². The van der Waals surface area contributed by atoms with Crippen molar-refractivity contribution in [1.29, 1.82) is 0 Å². The van der Waals surface area contributed by atoms with Gasteiger partial charge in [0.05, 0.1) is 0 Å². The normalized spacial score (nSPS) is 18.6. The first-order valence-corrected chi connectivity index (χ1v) is 9.52. The van der Waals surface area contributed by atoms with Gasteiger partial charge >= 0.3 is 0 Å². The molecule has 0 spiro atoms. The molecule has 0 N–H and O–H groups in total. The Morgan fingerprint density at radius 3 is 2.45 bits per heavy atom. The largest absolute Gasteiger partial charge is 0.485 e. The van der Waals surface area contributed by atoms with Gasteiger partial charge in [-0.05, 0) is 24.3 Å². The van der Waals surface area contributed by atoms with E-state index in [1.54, 1.807) is 17.1 Å². The van der Waals surface area contributed by atoms with Gasteiger partial charge in [-0.2, -0.15) is 0 Å². The molecule has 148 valence electrons. The summed E-state index contributed by atoms with van der Waals surface area (Å²) in [5, 5.41) is 8.58. The lowest BCUT2D eigenvalue weighted by atomic mass is 10.2. The molecule has 0 aliphatic carbocycles. The Balaban J connectivity index is 1.19. The number of aromatic nitrogens is 4. The van der Waals surface area contributed by atoms with Crippen molar-refractivity contribution >= 4 is 11.7 Å². The number of para-hydroxylation sites is 2. The van der Waals surface area contributed by atoms with E-state index >= 15 is 0 Å². The molecule has 0 saturated carbocycles. The minimum absolute atomic E-state index is 0.0410. The average Bonchev–Trinajstić information content (AvgIpc) is 3.33. The summed E-state index contributed by atoms with van der Waals surface area (Å²) in [7, 11) is 0. The quantitative estimate of drug-likeness (QED) is 0.661. The standard InChI is InChI=1S/C20H20N6O3/c27-20(17-13-28-15-3-1-2-4-16(15)29-17)25-11-9-24(10-12-25)18-5-6-19(23-22-18)26-8-7-21-14-26/h1-8,14,17H,9-13H2/t17-/m1/s1. The van der Waals surface area contributed by atoms with Crippen molar-refractivity contribution in [3.05, 3.63) is 55.1 Å². The Kier molecular flexibility index (Phi) is 4.47. The molecular weight excluding hydrogens is 372 g/mol. The van der Waals surface area contributed by atoms with E-state index in [9.17, 15) is 4.79 Å². The monoisotopic (exact) mass is 392 g/mol. The number of amides is 1. The highest BCUT2D eigenvalue weighted by molar-refractivity contribution is 5.82. The zero-order valence-electron chi connectivity index (χ0n) is 15.7. The first kappa shape index (κ1) is 17.5. The van der Waals surface area contributed by atoms with Gasteiger partial charge in [-0.25, -0.2) is 4.98 Å². The first-order chi connectivity index (χ1) is 14.3. The van der Waals surface area contributed by atoms with E-state index in [-0.39, 0.29) is 12.5 Å². The number of imidazole rings is 1. The molecule has 1 fully saturated rings. The summed E-state index contributed by atoms with van der Waals surface area (Å²) in [5.41, 5.74) is 0. The summed E-state index contributed by atoms with van der Waals surface area (Å²) >= 11 is 0. The fourth-order valence-electron chi connectivity index (χ4n) is 3.52. The summed E-state index contributed by atoms with van der Waals surface area (Å²) in [6.45, 7) is 2.82. The number of anilines is 1. The van der Waals surface area contributed by atoms with Gasteiger partial charge in [-0.1, -0.05) is 12.1 Å². The Labute approximate surface area is 167 Å². The smallest absolute Gasteiger partial charge is 0.267 e. The maximum atomic E-state index is 12.8. The zero-order valence-corrected chi connectivity index (χ0v) is 15.7. The van der Waals surface area contributed by atoms with Crippen LogP contribution in [0, 0.1) is 0 Å². The van der Waals surface area contributed by atoms with Crippen LogP contribution in [0.3, 0.4) is 0 Å². The summed E-state index contributed by atoms with van der Waals surface area (Å²) < 4.78 is 13.3. The minimum Gasteiger partial charge on any atom is -0.485 e. The van der Waals surface area contributed by atoms with Crippen LogP contribution in [0.5, 0.6) is 11.5 Å². The maximum Gasteiger partial charge on any atom is 0.267 e. The molecule has 2 aliphatic heterocycles. The van der Waals surface area contributed by atoms with Crippen LogP contribution in [0.1, 0.15) is 0 Å². The van der Waals surface area contributed by atoms with Crippen molar-refractivity contribution in [2.24, 2.45) is 0 Å². The predicted molar refractivity (Wildman–Crippen MR) is 104 cm³/mol. The van der Waals surface area contributed by atoms with Crippen molar-refractivity contribution in [1.82, 2.24) is 24.6 Å². The van der Waals surface area contributed by atoms with Gasteiger partial charge in [0.25, 0.3) is 5.91 Å². The maximum absolute atomic E-state index is 12.8. The van der Waals surface area contributed by atoms with Crippen LogP contribution < -0.4 is 14.4 Å². The molecule has 0 bridgehead atoms. The number of fused-ring (bicyclic) bond motifs is 1. The van der Waals surface area contributed by atoms with Crippen LogP contribution in [0.15, 0.2) is 55.1 Å². The Morgan fingerprint density at radius 1 is 0.966 bits per heavy atom. The number of rotatable bonds is 3. The molecule has 2 aromatic heterocycles. The van der Waals surface area contributed by atoms with Crippen molar-refractivity contribution in [3.63, 3.8) is 0 Å². The molecule has 5 rings (SSSR count). The number of ether oxygens (including phenoxy) is 2. The van der Waals surface area contributed by atoms with Crippen LogP contribution in [-0.2, 0) is 4.79 Å². The van der Waals surface area contributed by atoms with Crippen LogP contribution >= 0.6 is 0 Å². The molecular formula is C20H20N6O3. The number of nitrogens with zero attached hydrogens (tertiary/aromatic N) is 6. The van der Waals surface area contributed by atoms with Gasteiger partial charge in [0, 0.05) is 38.6 Å². The minimum atomic E-state index is -0.606. The van der Waals surface area contributed by atoms with Gasteiger partial charge < -0.3 is 19.3 Å². The number of carbonyl (C=O) groups is 1.